The molecule has 3 rings (SSSR count). The topological polar surface area (TPSA) is 46.9 Å². The van der Waals surface area contributed by atoms with Gasteiger partial charge in [0.15, 0.2) is 0 Å². The van der Waals surface area contributed by atoms with E-state index >= 15 is 0 Å². The van der Waals surface area contributed by atoms with E-state index in [0.29, 0.717) is 28.0 Å². The standard InChI is InChI=1S/C16H15Cl2N3OS/c1-3-19-15(22)14-7-12-9(2)20-21(16(12)23-14)8-10-4-5-11(17)6-13(10)18/h4-7H,3,8H2,1-2H3,(H,19,22). The number of nitrogens with one attached hydrogen (secondary N) is 1. The summed E-state index contributed by atoms with van der Waals surface area (Å²) in [6.07, 6.45) is 0. The molecule has 0 saturated heterocycles. The fraction of sp³-hybridized carbons (Fsp3) is 0.250. The minimum atomic E-state index is -0.0517. The number of halogens is 2. The van der Waals surface area contributed by atoms with Crippen LogP contribution in [0.15, 0.2) is 24.3 Å². The van der Waals surface area contributed by atoms with E-state index in [1.165, 1.54) is 11.3 Å². The SMILES string of the molecule is CCNC(=O)c1cc2c(C)nn(Cc3ccc(Cl)cc3Cl)c2s1. The van der Waals surface area contributed by atoms with Crippen LogP contribution in [0, 0.1) is 6.92 Å². The summed E-state index contributed by atoms with van der Waals surface area (Å²) in [5.74, 6) is -0.0517. The summed E-state index contributed by atoms with van der Waals surface area (Å²) in [6.45, 7) is 4.99. The third-order valence-corrected chi connectivity index (χ3v) is 5.24. The molecule has 0 atom stereocenters. The molecule has 1 aromatic carbocycles. The maximum Gasteiger partial charge on any atom is 0.261 e. The van der Waals surface area contributed by atoms with Crippen molar-refractivity contribution in [3.05, 3.63) is 50.4 Å². The zero-order valence-electron chi connectivity index (χ0n) is 12.7. The van der Waals surface area contributed by atoms with Crippen LogP contribution >= 0.6 is 34.5 Å². The minimum absolute atomic E-state index is 0.0517. The van der Waals surface area contributed by atoms with Crippen molar-refractivity contribution in [2.24, 2.45) is 0 Å². The Balaban J connectivity index is 1.99. The second-order valence-electron chi connectivity index (χ2n) is 5.17. The number of aryl methyl sites for hydroxylation is 1. The van der Waals surface area contributed by atoms with Crippen LogP contribution in [0.5, 0.6) is 0 Å². The van der Waals surface area contributed by atoms with Crippen molar-refractivity contribution < 1.29 is 4.79 Å². The third kappa shape index (κ3) is 3.22. The van der Waals surface area contributed by atoms with Crippen molar-refractivity contribution in [2.45, 2.75) is 20.4 Å². The van der Waals surface area contributed by atoms with Crippen LogP contribution in [0.25, 0.3) is 10.2 Å². The van der Waals surface area contributed by atoms with Gasteiger partial charge >= 0.3 is 0 Å². The number of rotatable bonds is 4. The Morgan fingerprint density at radius 3 is 2.83 bits per heavy atom. The Morgan fingerprint density at radius 1 is 1.35 bits per heavy atom. The van der Waals surface area contributed by atoms with Gasteiger partial charge in [0.05, 0.1) is 17.1 Å². The van der Waals surface area contributed by atoms with Crippen LogP contribution < -0.4 is 5.32 Å². The van der Waals surface area contributed by atoms with Crippen molar-refractivity contribution in [3.8, 4) is 0 Å². The van der Waals surface area contributed by atoms with E-state index in [9.17, 15) is 4.79 Å². The monoisotopic (exact) mass is 367 g/mol. The lowest BCUT2D eigenvalue weighted by Crippen LogP contribution is -2.21. The second kappa shape index (κ2) is 6.51. The molecule has 0 fully saturated rings. The van der Waals surface area contributed by atoms with Gasteiger partial charge in [0.1, 0.15) is 4.83 Å². The zero-order chi connectivity index (χ0) is 16.6. The average Bonchev–Trinajstić information content (AvgIpc) is 3.04. The largest absolute Gasteiger partial charge is 0.352 e. The number of hydrogen-bond donors (Lipinski definition) is 1. The molecule has 7 heteroatoms. The van der Waals surface area contributed by atoms with Crippen LogP contribution in [0.4, 0.5) is 0 Å². The number of carbonyl (C=O) groups excluding carboxylic acids is 1. The molecule has 1 N–H and O–H groups in total. The number of fused-ring (bicyclic) bond motifs is 1. The molecule has 1 amide bonds. The molecule has 0 radical (unpaired) electrons. The number of aromatic nitrogens is 2. The molecular weight excluding hydrogens is 353 g/mol. The molecule has 0 aliphatic carbocycles. The summed E-state index contributed by atoms with van der Waals surface area (Å²) in [5.41, 5.74) is 1.84. The van der Waals surface area contributed by atoms with Gasteiger partial charge in [-0.05, 0) is 37.6 Å². The lowest BCUT2D eigenvalue weighted by Gasteiger charge is -2.06. The summed E-state index contributed by atoms with van der Waals surface area (Å²) < 4.78 is 1.88. The van der Waals surface area contributed by atoms with Crippen molar-refractivity contribution in [1.29, 1.82) is 0 Å². The highest BCUT2D eigenvalue weighted by Gasteiger charge is 2.16. The highest BCUT2D eigenvalue weighted by molar-refractivity contribution is 7.20. The fourth-order valence-electron chi connectivity index (χ4n) is 2.39. The van der Waals surface area contributed by atoms with Crippen molar-refractivity contribution in [1.82, 2.24) is 15.1 Å². The molecule has 2 heterocycles. The summed E-state index contributed by atoms with van der Waals surface area (Å²) in [6, 6.07) is 7.32. The molecule has 0 bridgehead atoms. The van der Waals surface area contributed by atoms with E-state index in [1.54, 1.807) is 6.07 Å². The van der Waals surface area contributed by atoms with Gasteiger partial charge < -0.3 is 5.32 Å². The van der Waals surface area contributed by atoms with Crippen LogP contribution in [0.1, 0.15) is 27.9 Å². The first-order chi connectivity index (χ1) is 11.0. The lowest BCUT2D eigenvalue weighted by molar-refractivity contribution is 0.0960. The highest BCUT2D eigenvalue weighted by atomic mass is 35.5. The zero-order valence-corrected chi connectivity index (χ0v) is 15.0. The van der Waals surface area contributed by atoms with Crippen LogP contribution in [0.2, 0.25) is 10.0 Å². The van der Waals surface area contributed by atoms with E-state index in [4.69, 9.17) is 23.2 Å². The number of thiophene rings is 1. The molecule has 4 nitrogen and oxygen atoms in total. The predicted molar refractivity (Wildman–Crippen MR) is 95.9 cm³/mol. The normalized spacial score (nSPS) is 11.1. The van der Waals surface area contributed by atoms with Crippen molar-refractivity contribution in [3.63, 3.8) is 0 Å². The molecule has 120 valence electrons. The Morgan fingerprint density at radius 2 is 2.13 bits per heavy atom. The highest BCUT2D eigenvalue weighted by Crippen LogP contribution is 2.30. The predicted octanol–water partition coefficient (Wildman–Crippen LogP) is 4.51. The molecule has 0 aliphatic heterocycles. The molecule has 2 aromatic heterocycles. The van der Waals surface area contributed by atoms with E-state index in [0.717, 1.165) is 21.5 Å². The summed E-state index contributed by atoms with van der Waals surface area (Å²) in [5, 5.41) is 9.60. The van der Waals surface area contributed by atoms with Gasteiger partial charge in [-0.1, -0.05) is 29.3 Å². The van der Waals surface area contributed by atoms with Gasteiger partial charge in [0, 0.05) is 22.0 Å². The van der Waals surface area contributed by atoms with Gasteiger partial charge in [-0.3, -0.25) is 9.48 Å². The first-order valence-corrected chi connectivity index (χ1v) is 8.76. The van der Waals surface area contributed by atoms with Gasteiger partial charge in [-0.15, -0.1) is 11.3 Å². The van der Waals surface area contributed by atoms with Crippen LogP contribution in [-0.4, -0.2) is 22.2 Å². The first kappa shape index (κ1) is 16.3. The number of nitrogens with zero attached hydrogens (tertiary/aromatic N) is 2. The van der Waals surface area contributed by atoms with Gasteiger partial charge in [0.25, 0.3) is 5.91 Å². The van der Waals surface area contributed by atoms with E-state index in [1.807, 2.05) is 36.7 Å². The fourth-order valence-corrected chi connectivity index (χ4v) is 3.94. The first-order valence-electron chi connectivity index (χ1n) is 7.18. The number of hydrogen-bond acceptors (Lipinski definition) is 3. The van der Waals surface area contributed by atoms with Gasteiger partial charge in [-0.25, -0.2) is 0 Å². The molecule has 0 unspecified atom stereocenters. The molecule has 0 saturated carbocycles. The number of amides is 1. The van der Waals surface area contributed by atoms with Crippen LogP contribution in [-0.2, 0) is 6.54 Å². The van der Waals surface area contributed by atoms with E-state index in [-0.39, 0.29) is 5.91 Å². The van der Waals surface area contributed by atoms with E-state index in [2.05, 4.69) is 10.4 Å². The van der Waals surface area contributed by atoms with Crippen molar-refractivity contribution in [2.75, 3.05) is 6.54 Å². The van der Waals surface area contributed by atoms with Crippen LogP contribution in [0.3, 0.4) is 0 Å². The molecule has 0 aliphatic rings. The Hall–Kier alpha value is -1.56. The molecule has 0 spiro atoms. The third-order valence-electron chi connectivity index (χ3n) is 3.50. The van der Waals surface area contributed by atoms with E-state index < -0.39 is 0 Å². The quantitative estimate of drug-likeness (QED) is 0.737. The minimum Gasteiger partial charge on any atom is -0.352 e. The second-order valence-corrected chi connectivity index (χ2v) is 7.04. The number of benzene rings is 1. The Labute approximate surface area is 148 Å². The Kier molecular flexibility index (Phi) is 4.62. The number of carbonyl (C=O) groups is 1. The van der Waals surface area contributed by atoms with Gasteiger partial charge in [0.2, 0.25) is 0 Å². The Bertz CT molecular complexity index is 885. The maximum atomic E-state index is 12.0. The summed E-state index contributed by atoms with van der Waals surface area (Å²) in [7, 11) is 0. The summed E-state index contributed by atoms with van der Waals surface area (Å²) >= 11 is 13.6. The van der Waals surface area contributed by atoms with Crippen molar-refractivity contribution >= 4 is 50.7 Å². The summed E-state index contributed by atoms with van der Waals surface area (Å²) in [4.78, 5) is 13.7. The molecule has 23 heavy (non-hydrogen) atoms. The molecule has 3 aromatic rings. The smallest absolute Gasteiger partial charge is 0.261 e. The average molecular weight is 368 g/mol. The molecular formula is C16H15Cl2N3OS. The van der Waals surface area contributed by atoms with Gasteiger partial charge in [-0.2, -0.15) is 5.10 Å². The lowest BCUT2D eigenvalue weighted by atomic mass is 10.2. The maximum absolute atomic E-state index is 12.0.